The maximum atomic E-state index is 13.5. The van der Waals surface area contributed by atoms with E-state index in [0.717, 1.165) is 36.0 Å². The van der Waals surface area contributed by atoms with Gasteiger partial charge in [0.1, 0.15) is 5.75 Å². The van der Waals surface area contributed by atoms with E-state index < -0.39 is 17.7 Å². The van der Waals surface area contributed by atoms with Gasteiger partial charge in [-0.1, -0.05) is 17.7 Å². The predicted octanol–water partition coefficient (Wildman–Crippen LogP) is 4.46. The van der Waals surface area contributed by atoms with E-state index in [1.54, 1.807) is 26.2 Å². The summed E-state index contributed by atoms with van der Waals surface area (Å²) in [5, 5.41) is 0. The molecular formula is C23H24F3NO3. The lowest BCUT2D eigenvalue weighted by Gasteiger charge is -2.30. The highest BCUT2D eigenvalue weighted by molar-refractivity contribution is 6.03. The Morgan fingerprint density at radius 2 is 1.90 bits per heavy atom. The minimum absolute atomic E-state index is 0.0687. The number of hydrogen-bond acceptors (Lipinski definition) is 4. The van der Waals surface area contributed by atoms with Crippen molar-refractivity contribution in [1.82, 2.24) is 0 Å². The second-order valence-electron chi connectivity index (χ2n) is 7.91. The summed E-state index contributed by atoms with van der Waals surface area (Å²) in [6, 6.07) is 7.80. The number of benzene rings is 2. The Hall–Kier alpha value is -2.54. The molecule has 1 saturated heterocycles. The minimum atomic E-state index is -4.44. The number of fused-ring (bicyclic) bond motifs is 1. The molecule has 2 aromatic rings. The van der Waals surface area contributed by atoms with Crippen molar-refractivity contribution >= 4 is 11.5 Å². The van der Waals surface area contributed by atoms with Crippen LogP contribution in [-0.4, -0.2) is 39.2 Å². The molecule has 4 nitrogen and oxygen atoms in total. The van der Waals surface area contributed by atoms with Gasteiger partial charge in [-0.15, -0.1) is 0 Å². The number of Topliss-reactive ketones (excluding diaryl/α,β-unsaturated/α-hetero) is 1. The summed E-state index contributed by atoms with van der Waals surface area (Å²) in [6.07, 6.45) is -3.94. The number of halogens is 3. The van der Waals surface area contributed by atoms with Crippen molar-refractivity contribution in [3.63, 3.8) is 0 Å². The molecule has 0 spiro atoms. The molecular weight excluding hydrogens is 395 g/mol. The summed E-state index contributed by atoms with van der Waals surface area (Å²) in [5.74, 6) is -0.0183. The van der Waals surface area contributed by atoms with Gasteiger partial charge in [0.2, 0.25) is 0 Å². The number of rotatable bonds is 4. The van der Waals surface area contributed by atoms with Gasteiger partial charge in [-0.2, -0.15) is 13.2 Å². The van der Waals surface area contributed by atoms with Crippen molar-refractivity contribution in [2.45, 2.75) is 25.9 Å². The number of ether oxygens (including phenoxy) is 2. The minimum Gasteiger partial charge on any atom is -0.495 e. The van der Waals surface area contributed by atoms with Gasteiger partial charge in [0, 0.05) is 24.6 Å². The number of ketones is 1. The number of carbonyl (C=O) groups excluding carboxylic acids is 1. The smallest absolute Gasteiger partial charge is 0.416 e. The number of anilines is 1. The van der Waals surface area contributed by atoms with E-state index in [0.29, 0.717) is 30.9 Å². The molecule has 0 radical (unpaired) electrons. The highest BCUT2D eigenvalue weighted by Crippen LogP contribution is 2.40. The molecule has 2 aliphatic rings. The van der Waals surface area contributed by atoms with E-state index in [1.807, 2.05) is 6.07 Å². The summed E-state index contributed by atoms with van der Waals surface area (Å²) in [5.41, 5.74) is 2.58. The van der Waals surface area contributed by atoms with Crippen LogP contribution < -0.4 is 9.64 Å². The fourth-order valence-electron chi connectivity index (χ4n) is 4.40. The number of hydrogen-bond donors (Lipinski definition) is 0. The first-order valence-corrected chi connectivity index (χ1v) is 10.0. The monoisotopic (exact) mass is 419 g/mol. The number of alkyl halides is 3. The van der Waals surface area contributed by atoms with Crippen LogP contribution in [-0.2, 0) is 23.8 Å². The van der Waals surface area contributed by atoms with Crippen LogP contribution >= 0.6 is 0 Å². The van der Waals surface area contributed by atoms with Crippen molar-refractivity contribution in [1.29, 1.82) is 0 Å². The first-order valence-electron chi connectivity index (χ1n) is 10.0. The maximum Gasteiger partial charge on any atom is 0.416 e. The van der Waals surface area contributed by atoms with Crippen LogP contribution in [0.1, 0.15) is 32.6 Å². The van der Waals surface area contributed by atoms with E-state index in [2.05, 4.69) is 4.90 Å². The average molecular weight is 419 g/mol. The molecule has 1 aliphatic carbocycles. The van der Waals surface area contributed by atoms with Crippen LogP contribution in [0.2, 0.25) is 0 Å². The summed E-state index contributed by atoms with van der Waals surface area (Å²) in [6.45, 7) is 4.45. The summed E-state index contributed by atoms with van der Waals surface area (Å²) < 4.78 is 51.3. The van der Waals surface area contributed by atoms with Crippen molar-refractivity contribution in [3.8, 4) is 5.75 Å². The van der Waals surface area contributed by atoms with E-state index in [-0.39, 0.29) is 17.8 Å². The van der Waals surface area contributed by atoms with Gasteiger partial charge in [0.15, 0.2) is 5.78 Å². The molecule has 1 fully saturated rings. The van der Waals surface area contributed by atoms with Crippen LogP contribution in [0.4, 0.5) is 18.9 Å². The molecule has 0 aromatic heterocycles. The van der Waals surface area contributed by atoms with Gasteiger partial charge in [-0.25, -0.2) is 0 Å². The number of carbonyl (C=O) groups is 1. The number of morpholine rings is 1. The molecule has 0 N–H and O–H groups in total. The highest BCUT2D eigenvalue weighted by atomic mass is 19.4. The number of methoxy groups -OCH3 is 1. The number of aryl methyl sites for hydroxylation is 1. The SMILES string of the molecule is COc1cc2c(cc1N1CCOCC1)CC(Cc1cc(C)ccc1C(F)(F)F)C2=O. The fourth-order valence-corrected chi connectivity index (χ4v) is 4.40. The summed E-state index contributed by atoms with van der Waals surface area (Å²) in [4.78, 5) is 15.2. The van der Waals surface area contributed by atoms with E-state index in [1.165, 1.54) is 6.07 Å². The lowest BCUT2D eigenvalue weighted by molar-refractivity contribution is -0.138. The van der Waals surface area contributed by atoms with Gasteiger partial charge in [-0.05, 0) is 49.1 Å². The summed E-state index contributed by atoms with van der Waals surface area (Å²) in [7, 11) is 1.56. The molecule has 1 aliphatic heterocycles. The van der Waals surface area contributed by atoms with Crippen LogP contribution in [0.15, 0.2) is 30.3 Å². The molecule has 0 amide bonds. The van der Waals surface area contributed by atoms with Crippen molar-refractivity contribution < 1.29 is 27.4 Å². The standard InChI is InChI=1S/C23H24F3NO3/c1-14-3-4-19(23(24,25)26)16(9-14)11-17-10-15-12-20(27-5-7-30-8-6-27)21(29-2)13-18(15)22(17)28/h3-4,9,12-13,17H,5-8,10-11H2,1-2H3. The van der Waals surface area contributed by atoms with Gasteiger partial charge < -0.3 is 14.4 Å². The Bertz CT molecular complexity index is 965. The van der Waals surface area contributed by atoms with E-state index >= 15 is 0 Å². The first-order chi connectivity index (χ1) is 14.3. The van der Waals surface area contributed by atoms with Crippen molar-refractivity contribution in [3.05, 3.63) is 58.1 Å². The molecule has 0 saturated carbocycles. The third kappa shape index (κ3) is 3.90. The molecule has 2 aromatic carbocycles. The second-order valence-corrected chi connectivity index (χ2v) is 7.91. The first kappa shape index (κ1) is 20.7. The molecule has 7 heteroatoms. The molecule has 1 atom stereocenters. The Morgan fingerprint density at radius 3 is 2.57 bits per heavy atom. The molecule has 4 rings (SSSR count). The molecule has 0 bridgehead atoms. The Morgan fingerprint density at radius 1 is 1.17 bits per heavy atom. The fraction of sp³-hybridized carbons (Fsp3) is 0.435. The quantitative estimate of drug-likeness (QED) is 0.734. The lowest BCUT2D eigenvalue weighted by atomic mass is 9.91. The molecule has 160 valence electrons. The van der Waals surface area contributed by atoms with Crippen molar-refractivity contribution in [2.24, 2.45) is 5.92 Å². The molecule has 1 unspecified atom stereocenters. The Labute approximate surface area is 173 Å². The van der Waals surface area contributed by atoms with Crippen LogP contribution in [0.5, 0.6) is 5.75 Å². The highest BCUT2D eigenvalue weighted by Gasteiger charge is 2.37. The van der Waals surface area contributed by atoms with E-state index in [4.69, 9.17) is 9.47 Å². The predicted molar refractivity (Wildman–Crippen MR) is 107 cm³/mol. The summed E-state index contributed by atoms with van der Waals surface area (Å²) >= 11 is 0. The number of nitrogens with zero attached hydrogens (tertiary/aromatic N) is 1. The van der Waals surface area contributed by atoms with Gasteiger partial charge in [0.25, 0.3) is 0 Å². The second kappa shape index (κ2) is 7.95. The topological polar surface area (TPSA) is 38.8 Å². The Balaban J connectivity index is 1.64. The molecule has 1 heterocycles. The lowest BCUT2D eigenvalue weighted by Crippen LogP contribution is -2.36. The maximum absolute atomic E-state index is 13.5. The van der Waals surface area contributed by atoms with Crippen LogP contribution in [0.3, 0.4) is 0 Å². The normalized spacial score (nSPS) is 19.2. The van der Waals surface area contributed by atoms with Gasteiger partial charge in [0.05, 0.1) is 31.6 Å². The zero-order chi connectivity index (χ0) is 21.5. The average Bonchev–Trinajstić information content (AvgIpc) is 3.01. The third-order valence-corrected chi connectivity index (χ3v) is 5.89. The van der Waals surface area contributed by atoms with E-state index in [9.17, 15) is 18.0 Å². The molecule has 30 heavy (non-hydrogen) atoms. The largest absolute Gasteiger partial charge is 0.495 e. The Kier molecular flexibility index (Phi) is 5.49. The zero-order valence-corrected chi connectivity index (χ0v) is 17.0. The van der Waals surface area contributed by atoms with Crippen LogP contribution in [0, 0.1) is 12.8 Å². The third-order valence-electron chi connectivity index (χ3n) is 5.89. The zero-order valence-electron chi connectivity index (χ0n) is 17.0. The van der Waals surface area contributed by atoms with Crippen molar-refractivity contribution in [2.75, 3.05) is 38.3 Å². The van der Waals surface area contributed by atoms with Gasteiger partial charge in [-0.3, -0.25) is 4.79 Å². The van der Waals surface area contributed by atoms with Gasteiger partial charge >= 0.3 is 6.18 Å². The van der Waals surface area contributed by atoms with Crippen LogP contribution in [0.25, 0.3) is 0 Å².